The number of carbonyl (C=O) groups is 1. The first-order valence-corrected chi connectivity index (χ1v) is 8.10. The van der Waals surface area contributed by atoms with Crippen molar-refractivity contribution >= 4 is 29.1 Å². The number of nitrogens with zero attached hydrogens (tertiary/aromatic N) is 2. The number of aryl methyl sites for hydroxylation is 1. The van der Waals surface area contributed by atoms with Crippen molar-refractivity contribution in [3.05, 3.63) is 87.9 Å². The van der Waals surface area contributed by atoms with Gasteiger partial charge in [-0.3, -0.25) is 4.79 Å². The van der Waals surface area contributed by atoms with Crippen LogP contribution in [0.15, 0.2) is 60.9 Å². The number of benzene rings is 2. The molecule has 6 heteroatoms. The van der Waals surface area contributed by atoms with Crippen LogP contribution in [0.4, 0.5) is 0 Å². The van der Waals surface area contributed by atoms with E-state index in [9.17, 15) is 4.79 Å². The van der Waals surface area contributed by atoms with Gasteiger partial charge in [-0.2, -0.15) is 0 Å². The summed E-state index contributed by atoms with van der Waals surface area (Å²) in [5.74, 6) is 0.500. The molecule has 4 nitrogen and oxygen atoms in total. The molecule has 0 bridgehead atoms. The van der Waals surface area contributed by atoms with Crippen LogP contribution in [-0.2, 0) is 7.05 Å². The van der Waals surface area contributed by atoms with Gasteiger partial charge in [-0.1, -0.05) is 53.5 Å². The zero-order valence-electron chi connectivity index (χ0n) is 12.9. The first kappa shape index (κ1) is 16.6. The van der Waals surface area contributed by atoms with Gasteiger partial charge in [0.05, 0.1) is 10.0 Å². The summed E-state index contributed by atoms with van der Waals surface area (Å²) in [7, 11) is 1.89. The van der Waals surface area contributed by atoms with Gasteiger partial charge in [-0.15, -0.1) is 0 Å². The molecule has 0 aliphatic heterocycles. The summed E-state index contributed by atoms with van der Waals surface area (Å²) >= 11 is 11.9. The third-order valence-electron chi connectivity index (χ3n) is 3.71. The Kier molecular flexibility index (Phi) is 4.88. The third kappa shape index (κ3) is 3.45. The van der Waals surface area contributed by atoms with E-state index in [1.807, 2.05) is 48.1 Å². The molecule has 1 atom stereocenters. The Morgan fingerprint density at radius 3 is 2.50 bits per heavy atom. The summed E-state index contributed by atoms with van der Waals surface area (Å²) in [6, 6.07) is 14.1. The summed E-state index contributed by atoms with van der Waals surface area (Å²) in [6.45, 7) is 0. The average molecular weight is 360 g/mol. The number of hydrogen-bond donors (Lipinski definition) is 1. The molecule has 0 unspecified atom stereocenters. The molecule has 1 aromatic heterocycles. The van der Waals surface area contributed by atoms with Crippen LogP contribution in [0, 0.1) is 0 Å². The number of amides is 1. The molecule has 0 spiro atoms. The van der Waals surface area contributed by atoms with E-state index in [0.29, 0.717) is 15.6 Å². The monoisotopic (exact) mass is 359 g/mol. The molecule has 1 amide bonds. The standard InChI is InChI=1S/C18H15Cl2N3O/c1-23-10-9-21-17(23)16(12-5-3-2-4-6-12)22-18(24)13-7-8-14(19)15(20)11-13/h2-11,16H,1H3,(H,22,24)/t16-/m0/s1. The lowest BCUT2D eigenvalue weighted by atomic mass is 10.1. The molecule has 1 N–H and O–H groups in total. The van der Waals surface area contributed by atoms with E-state index in [-0.39, 0.29) is 11.9 Å². The van der Waals surface area contributed by atoms with Crippen molar-refractivity contribution < 1.29 is 4.79 Å². The van der Waals surface area contributed by atoms with E-state index in [0.717, 1.165) is 11.4 Å². The molecule has 1 heterocycles. The molecular weight excluding hydrogens is 345 g/mol. The van der Waals surface area contributed by atoms with E-state index < -0.39 is 0 Å². The largest absolute Gasteiger partial charge is 0.338 e. The first-order chi connectivity index (χ1) is 11.6. The van der Waals surface area contributed by atoms with Gasteiger partial charge in [0.1, 0.15) is 11.9 Å². The minimum Gasteiger partial charge on any atom is -0.338 e. The average Bonchev–Trinajstić information content (AvgIpc) is 3.01. The zero-order valence-corrected chi connectivity index (χ0v) is 14.4. The highest BCUT2D eigenvalue weighted by atomic mass is 35.5. The minimum absolute atomic E-state index is 0.245. The van der Waals surface area contributed by atoms with E-state index in [4.69, 9.17) is 23.2 Å². The number of rotatable bonds is 4. The van der Waals surface area contributed by atoms with E-state index in [2.05, 4.69) is 10.3 Å². The Hall–Kier alpha value is -2.30. The van der Waals surface area contributed by atoms with Gasteiger partial charge in [0, 0.05) is 25.0 Å². The van der Waals surface area contributed by atoms with Crippen molar-refractivity contribution in [2.45, 2.75) is 6.04 Å². The summed E-state index contributed by atoms with van der Waals surface area (Å²) in [5.41, 5.74) is 1.39. The number of imidazole rings is 1. The van der Waals surface area contributed by atoms with Crippen molar-refractivity contribution in [3.8, 4) is 0 Å². The molecule has 24 heavy (non-hydrogen) atoms. The van der Waals surface area contributed by atoms with Crippen molar-refractivity contribution in [2.75, 3.05) is 0 Å². The lowest BCUT2D eigenvalue weighted by Gasteiger charge is -2.19. The van der Waals surface area contributed by atoms with Crippen molar-refractivity contribution in [1.29, 1.82) is 0 Å². The molecular formula is C18H15Cl2N3O. The van der Waals surface area contributed by atoms with Crippen LogP contribution in [0.25, 0.3) is 0 Å². The van der Waals surface area contributed by atoms with Crippen LogP contribution >= 0.6 is 23.2 Å². The van der Waals surface area contributed by atoms with Gasteiger partial charge in [-0.25, -0.2) is 4.98 Å². The highest BCUT2D eigenvalue weighted by molar-refractivity contribution is 6.42. The Morgan fingerprint density at radius 1 is 1.12 bits per heavy atom. The van der Waals surface area contributed by atoms with Crippen LogP contribution < -0.4 is 5.32 Å². The number of carbonyl (C=O) groups excluding carboxylic acids is 1. The maximum atomic E-state index is 12.6. The SMILES string of the molecule is Cn1ccnc1[C@@H](NC(=O)c1ccc(Cl)c(Cl)c1)c1ccccc1. The molecule has 2 aromatic carbocycles. The van der Waals surface area contributed by atoms with Crippen LogP contribution in [0.5, 0.6) is 0 Å². The molecule has 122 valence electrons. The predicted molar refractivity (Wildman–Crippen MR) is 95.4 cm³/mol. The Bertz CT molecular complexity index is 862. The highest BCUT2D eigenvalue weighted by Crippen LogP contribution is 2.24. The Balaban J connectivity index is 1.93. The Labute approximate surface area is 150 Å². The lowest BCUT2D eigenvalue weighted by Crippen LogP contribution is -2.31. The molecule has 3 rings (SSSR count). The quantitative estimate of drug-likeness (QED) is 0.756. The topological polar surface area (TPSA) is 46.9 Å². The fourth-order valence-corrected chi connectivity index (χ4v) is 2.75. The van der Waals surface area contributed by atoms with Gasteiger partial charge in [-0.05, 0) is 23.8 Å². The van der Waals surface area contributed by atoms with Gasteiger partial charge >= 0.3 is 0 Å². The molecule has 0 aliphatic carbocycles. The summed E-state index contributed by atoms with van der Waals surface area (Å²) in [5, 5.41) is 3.77. The van der Waals surface area contributed by atoms with Crippen LogP contribution in [0.2, 0.25) is 10.0 Å². The van der Waals surface area contributed by atoms with Gasteiger partial charge in [0.25, 0.3) is 5.91 Å². The molecule has 0 radical (unpaired) electrons. The summed E-state index contributed by atoms with van der Waals surface area (Å²) in [4.78, 5) is 17.0. The maximum Gasteiger partial charge on any atom is 0.252 e. The molecule has 0 fully saturated rings. The van der Waals surface area contributed by atoms with Gasteiger partial charge in [0.15, 0.2) is 0 Å². The van der Waals surface area contributed by atoms with Gasteiger partial charge < -0.3 is 9.88 Å². The van der Waals surface area contributed by atoms with Crippen LogP contribution in [0.3, 0.4) is 0 Å². The molecule has 3 aromatic rings. The van der Waals surface area contributed by atoms with Crippen molar-refractivity contribution in [2.24, 2.45) is 7.05 Å². The van der Waals surface area contributed by atoms with E-state index in [1.54, 1.807) is 24.4 Å². The van der Waals surface area contributed by atoms with Crippen LogP contribution in [0.1, 0.15) is 27.8 Å². The lowest BCUT2D eigenvalue weighted by molar-refractivity contribution is 0.0941. The van der Waals surface area contributed by atoms with Crippen LogP contribution in [-0.4, -0.2) is 15.5 Å². The van der Waals surface area contributed by atoms with Crippen molar-refractivity contribution in [3.63, 3.8) is 0 Å². The molecule has 0 saturated carbocycles. The third-order valence-corrected chi connectivity index (χ3v) is 4.45. The molecule has 0 saturated heterocycles. The van der Waals surface area contributed by atoms with E-state index >= 15 is 0 Å². The maximum absolute atomic E-state index is 12.6. The number of aromatic nitrogens is 2. The highest BCUT2D eigenvalue weighted by Gasteiger charge is 2.21. The fraction of sp³-hybridized carbons (Fsp3) is 0.111. The number of hydrogen-bond acceptors (Lipinski definition) is 2. The minimum atomic E-state index is -0.367. The second kappa shape index (κ2) is 7.07. The second-order valence-electron chi connectivity index (χ2n) is 5.34. The first-order valence-electron chi connectivity index (χ1n) is 7.34. The predicted octanol–water partition coefficient (Wildman–Crippen LogP) is 4.25. The fourth-order valence-electron chi connectivity index (χ4n) is 2.45. The van der Waals surface area contributed by atoms with Gasteiger partial charge in [0.2, 0.25) is 0 Å². The molecule has 0 aliphatic rings. The second-order valence-corrected chi connectivity index (χ2v) is 6.16. The van der Waals surface area contributed by atoms with E-state index in [1.165, 1.54) is 0 Å². The Morgan fingerprint density at radius 2 is 1.88 bits per heavy atom. The van der Waals surface area contributed by atoms with Crippen molar-refractivity contribution in [1.82, 2.24) is 14.9 Å². The number of nitrogens with one attached hydrogen (secondary N) is 1. The smallest absolute Gasteiger partial charge is 0.252 e. The zero-order chi connectivity index (χ0) is 17.1. The summed E-state index contributed by atoms with van der Waals surface area (Å²) < 4.78 is 1.88. The normalized spacial score (nSPS) is 12.0. The summed E-state index contributed by atoms with van der Waals surface area (Å²) in [6.07, 6.45) is 3.55. The number of halogens is 2.